The van der Waals surface area contributed by atoms with E-state index in [1.807, 2.05) is 43.3 Å². The highest BCUT2D eigenvalue weighted by Gasteiger charge is 2.14. The van der Waals surface area contributed by atoms with Gasteiger partial charge in [-0.05, 0) is 36.8 Å². The number of nitrogens with two attached hydrogens (primary N) is 1. The van der Waals surface area contributed by atoms with E-state index < -0.39 is 0 Å². The Morgan fingerprint density at radius 2 is 2.05 bits per heavy atom. The highest BCUT2D eigenvalue weighted by atomic mass is 35.5. The van der Waals surface area contributed by atoms with Gasteiger partial charge in [0.05, 0.1) is 5.25 Å². The van der Waals surface area contributed by atoms with Gasteiger partial charge in [-0.1, -0.05) is 35.9 Å². The fraction of sp³-hybridized carbons (Fsp3) is 0.188. The Hall–Kier alpha value is -1.65. The summed E-state index contributed by atoms with van der Waals surface area (Å²) in [6.45, 7) is 1.88. The normalized spacial score (nSPS) is 11.9. The average Bonchev–Trinajstić information content (AvgIpc) is 2.46. The molecule has 1 amide bonds. The summed E-state index contributed by atoms with van der Waals surface area (Å²) in [6, 6.07) is 14.8. The van der Waals surface area contributed by atoms with Crippen molar-refractivity contribution in [2.75, 3.05) is 11.1 Å². The maximum Gasteiger partial charge on any atom is 0.237 e. The summed E-state index contributed by atoms with van der Waals surface area (Å²) in [5.41, 5.74) is 8.07. The van der Waals surface area contributed by atoms with E-state index in [0.29, 0.717) is 17.1 Å². The SMILES string of the molecule is CC(SCc1ccccc1Cl)C(=O)Nc1cccc(N)c1. The molecule has 3 N–H and O–H groups in total. The first-order valence-electron chi connectivity index (χ1n) is 6.57. The number of nitrogens with one attached hydrogen (secondary N) is 1. The van der Waals surface area contributed by atoms with Gasteiger partial charge in [-0.25, -0.2) is 0 Å². The van der Waals surface area contributed by atoms with Gasteiger partial charge in [0.2, 0.25) is 5.91 Å². The van der Waals surface area contributed by atoms with Crippen LogP contribution in [0.3, 0.4) is 0 Å². The van der Waals surface area contributed by atoms with Crippen LogP contribution in [0.15, 0.2) is 48.5 Å². The van der Waals surface area contributed by atoms with Crippen LogP contribution in [-0.2, 0) is 10.5 Å². The molecule has 2 aromatic rings. The van der Waals surface area contributed by atoms with Crippen molar-refractivity contribution in [2.45, 2.75) is 17.9 Å². The molecule has 0 aliphatic carbocycles. The van der Waals surface area contributed by atoms with Gasteiger partial charge in [0.15, 0.2) is 0 Å². The minimum Gasteiger partial charge on any atom is -0.399 e. The highest BCUT2D eigenvalue weighted by molar-refractivity contribution is 7.99. The summed E-state index contributed by atoms with van der Waals surface area (Å²) in [5.74, 6) is 0.656. The van der Waals surface area contributed by atoms with E-state index >= 15 is 0 Å². The third kappa shape index (κ3) is 4.69. The molecule has 0 saturated carbocycles. The molecule has 0 bridgehead atoms. The van der Waals surface area contributed by atoms with E-state index in [-0.39, 0.29) is 11.2 Å². The molecule has 2 aromatic carbocycles. The zero-order valence-electron chi connectivity index (χ0n) is 11.7. The van der Waals surface area contributed by atoms with Crippen molar-refractivity contribution in [3.8, 4) is 0 Å². The first-order chi connectivity index (χ1) is 10.1. The zero-order valence-corrected chi connectivity index (χ0v) is 13.2. The van der Waals surface area contributed by atoms with Gasteiger partial charge >= 0.3 is 0 Å². The van der Waals surface area contributed by atoms with Gasteiger partial charge in [0, 0.05) is 22.2 Å². The molecule has 0 spiro atoms. The van der Waals surface area contributed by atoms with Crippen LogP contribution in [-0.4, -0.2) is 11.2 Å². The van der Waals surface area contributed by atoms with E-state index in [0.717, 1.165) is 10.6 Å². The van der Waals surface area contributed by atoms with Gasteiger partial charge in [-0.3, -0.25) is 4.79 Å². The molecule has 0 fully saturated rings. The summed E-state index contributed by atoms with van der Waals surface area (Å²) in [4.78, 5) is 12.1. The second kappa shape index (κ2) is 7.38. The number of carbonyl (C=O) groups is 1. The smallest absolute Gasteiger partial charge is 0.237 e. The fourth-order valence-corrected chi connectivity index (χ4v) is 2.94. The first kappa shape index (κ1) is 15.7. The molecule has 1 atom stereocenters. The number of carbonyl (C=O) groups excluding carboxylic acids is 1. The highest BCUT2D eigenvalue weighted by Crippen LogP contribution is 2.24. The van der Waals surface area contributed by atoms with Crippen molar-refractivity contribution >= 4 is 40.6 Å². The number of nitrogen functional groups attached to an aromatic ring is 1. The molecule has 2 rings (SSSR count). The van der Waals surface area contributed by atoms with Crippen molar-refractivity contribution in [2.24, 2.45) is 0 Å². The van der Waals surface area contributed by atoms with Gasteiger partial charge in [0.1, 0.15) is 0 Å². The summed E-state index contributed by atoms with van der Waals surface area (Å²) in [5, 5.41) is 3.41. The molecule has 3 nitrogen and oxygen atoms in total. The number of thioether (sulfide) groups is 1. The molecule has 0 heterocycles. The van der Waals surface area contributed by atoms with E-state index in [2.05, 4.69) is 5.32 Å². The summed E-state index contributed by atoms with van der Waals surface area (Å²) in [7, 11) is 0. The third-order valence-corrected chi connectivity index (χ3v) is 4.53. The lowest BCUT2D eigenvalue weighted by Crippen LogP contribution is -2.22. The molecular formula is C16H17ClN2OS. The number of rotatable bonds is 5. The van der Waals surface area contributed by atoms with Crippen LogP contribution in [0.4, 0.5) is 11.4 Å². The number of halogens is 1. The monoisotopic (exact) mass is 320 g/mol. The Morgan fingerprint density at radius 1 is 1.29 bits per heavy atom. The minimum absolute atomic E-state index is 0.0438. The van der Waals surface area contributed by atoms with Crippen molar-refractivity contribution in [1.29, 1.82) is 0 Å². The average molecular weight is 321 g/mol. The maximum atomic E-state index is 12.1. The molecular weight excluding hydrogens is 304 g/mol. The van der Waals surface area contributed by atoms with Crippen LogP contribution >= 0.6 is 23.4 Å². The lowest BCUT2D eigenvalue weighted by molar-refractivity contribution is -0.115. The molecule has 110 valence electrons. The van der Waals surface area contributed by atoms with E-state index in [4.69, 9.17) is 17.3 Å². The second-order valence-corrected chi connectivity index (χ2v) is 6.40. The van der Waals surface area contributed by atoms with E-state index in [1.54, 1.807) is 23.9 Å². The van der Waals surface area contributed by atoms with Gasteiger partial charge in [0.25, 0.3) is 0 Å². The molecule has 0 radical (unpaired) electrons. The topological polar surface area (TPSA) is 55.1 Å². The molecule has 0 aliphatic heterocycles. The Bertz CT molecular complexity index is 633. The minimum atomic E-state index is -0.178. The molecule has 0 aliphatic rings. The summed E-state index contributed by atoms with van der Waals surface area (Å²) < 4.78 is 0. The lowest BCUT2D eigenvalue weighted by atomic mass is 10.2. The van der Waals surface area contributed by atoms with Gasteiger partial charge in [-0.2, -0.15) is 0 Å². The lowest BCUT2D eigenvalue weighted by Gasteiger charge is -2.13. The van der Waals surface area contributed by atoms with Crippen LogP contribution in [0.5, 0.6) is 0 Å². The maximum absolute atomic E-state index is 12.1. The van der Waals surface area contributed by atoms with Gasteiger partial charge < -0.3 is 11.1 Å². The molecule has 5 heteroatoms. The van der Waals surface area contributed by atoms with Crippen molar-refractivity contribution < 1.29 is 4.79 Å². The van der Waals surface area contributed by atoms with Crippen molar-refractivity contribution in [3.05, 3.63) is 59.1 Å². The standard InChI is InChI=1S/C16H17ClN2OS/c1-11(21-10-12-5-2-3-8-15(12)17)16(20)19-14-7-4-6-13(18)9-14/h2-9,11H,10,18H2,1H3,(H,19,20). The third-order valence-electron chi connectivity index (χ3n) is 2.97. The van der Waals surface area contributed by atoms with Crippen LogP contribution in [0.2, 0.25) is 5.02 Å². The van der Waals surface area contributed by atoms with Crippen LogP contribution < -0.4 is 11.1 Å². The Balaban J connectivity index is 1.90. The van der Waals surface area contributed by atoms with Crippen molar-refractivity contribution in [1.82, 2.24) is 0 Å². The largest absolute Gasteiger partial charge is 0.399 e. The van der Waals surface area contributed by atoms with Crippen LogP contribution in [0.25, 0.3) is 0 Å². The number of hydrogen-bond acceptors (Lipinski definition) is 3. The van der Waals surface area contributed by atoms with Crippen LogP contribution in [0, 0.1) is 0 Å². The first-order valence-corrected chi connectivity index (χ1v) is 8.00. The molecule has 0 aromatic heterocycles. The predicted molar refractivity (Wildman–Crippen MR) is 91.7 cm³/mol. The molecule has 0 saturated heterocycles. The van der Waals surface area contributed by atoms with Crippen LogP contribution in [0.1, 0.15) is 12.5 Å². The molecule has 1 unspecified atom stereocenters. The predicted octanol–water partition coefficient (Wildman–Crippen LogP) is 4.18. The summed E-state index contributed by atoms with van der Waals surface area (Å²) >= 11 is 7.65. The summed E-state index contributed by atoms with van der Waals surface area (Å²) in [6.07, 6.45) is 0. The quantitative estimate of drug-likeness (QED) is 0.812. The second-order valence-electron chi connectivity index (χ2n) is 4.66. The van der Waals surface area contributed by atoms with Crippen molar-refractivity contribution in [3.63, 3.8) is 0 Å². The fourth-order valence-electron chi connectivity index (χ4n) is 1.77. The van der Waals surface area contributed by atoms with E-state index in [1.165, 1.54) is 0 Å². The Morgan fingerprint density at radius 3 is 2.76 bits per heavy atom. The number of anilines is 2. The number of hydrogen-bond donors (Lipinski definition) is 2. The Kier molecular flexibility index (Phi) is 5.53. The van der Waals surface area contributed by atoms with Gasteiger partial charge in [-0.15, -0.1) is 11.8 Å². The number of benzene rings is 2. The Labute approximate surface area is 133 Å². The zero-order chi connectivity index (χ0) is 15.2. The number of amides is 1. The van der Waals surface area contributed by atoms with E-state index in [9.17, 15) is 4.79 Å². The molecule has 21 heavy (non-hydrogen) atoms.